The molecule has 3 amide bonds. The Morgan fingerprint density at radius 1 is 1.29 bits per heavy atom. The Balaban J connectivity index is 1.58. The molecule has 5 N–H and O–H groups in total. The predicted molar refractivity (Wildman–Crippen MR) is 130 cm³/mol. The van der Waals surface area contributed by atoms with Crippen LogP contribution >= 0.6 is 11.3 Å². The van der Waals surface area contributed by atoms with Gasteiger partial charge in [-0.1, -0.05) is 30.1 Å². The second-order valence-electron chi connectivity index (χ2n) is 7.99. The number of aromatic nitrogens is 2. The van der Waals surface area contributed by atoms with Crippen LogP contribution in [0.25, 0.3) is 21.0 Å². The molecule has 0 radical (unpaired) electrons. The van der Waals surface area contributed by atoms with E-state index in [1.165, 1.54) is 15.9 Å². The maximum atomic E-state index is 12.9. The summed E-state index contributed by atoms with van der Waals surface area (Å²) in [7, 11) is 1.54. The van der Waals surface area contributed by atoms with Crippen LogP contribution in [0.4, 0.5) is 9.93 Å². The fourth-order valence-electron chi connectivity index (χ4n) is 4.10. The zero-order valence-electron chi connectivity index (χ0n) is 18.4. The van der Waals surface area contributed by atoms with Crippen molar-refractivity contribution in [2.75, 3.05) is 12.8 Å². The number of rotatable bonds is 4. The summed E-state index contributed by atoms with van der Waals surface area (Å²) in [5, 5.41) is 17.5. The van der Waals surface area contributed by atoms with E-state index in [2.05, 4.69) is 27.5 Å². The fraction of sp³-hybridized carbons (Fsp3) is 0.208. The van der Waals surface area contributed by atoms with Gasteiger partial charge in [-0.2, -0.15) is 0 Å². The summed E-state index contributed by atoms with van der Waals surface area (Å²) < 4.78 is 7.63. The van der Waals surface area contributed by atoms with Crippen LogP contribution in [0.5, 0.6) is 11.6 Å². The van der Waals surface area contributed by atoms with Gasteiger partial charge in [0.1, 0.15) is 5.75 Å². The Labute approximate surface area is 198 Å². The number of hydrogen-bond acceptors (Lipinski definition) is 7. The Hall–Kier alpha value is -4.23. The van der Waals surface area contributed by atoms with Crippen molar-refractivity contribution < 1.29 is 19.4 Å². The molecule has 172 valence electrons. The second kappa shape index (κ2) is 7.97. The second-order valence-corrected chi connectivity index (χ2v) is 9.05. The first-order valence-corrected chi connectivity index (χ1v) is 11.3. The average Bonchev–Trinajstić information content (AvgIpc) is 3.44. The van der Waals surface area contributed by atoms with Gasteiger partial charge in [-0.3, -0.25) is 10.1 Å². The number of amides is 3. The van der Waals surface area contributed by atoms with Crippen LogP contribution in [0, 0.1) is 11.8 Å². The van der Waals surface area contributed by atoms with E-state index in [9.17, 15) is 14.7 Å². The highest BCUT2D eigenvalue weighted by atomic mass is 32.1. The third-order valence-electron chi connectivity index (χ3n) is 5.81. The van der Waals surface area contributed by atoms with Crippen LogP contribution in [0.1, 0.15) is 18.1 Å². The van der Waals surface area contributed by atoms with Gasteiger partial charge in [0.05, 0.1) is 23.9 Å². The van der Waals surface area contributed by atoms with Crippen molar-refractivity contribution in [2.24, 2.45) is 0 Å². The molecule has 0 aliphatic carbocycles. The van der Waals surface area contributed by atoms with Gasteiger partial charge in [0.15, 0.2) is 11.0 Å². The Kier molecular flexibility index (Phi) is 5.06. The molecular weight excluding hydrogens is 454 g/mol. The number of anilines is 1. The summed E-state index contributed by atoms with van der Waals surface area (Å²) in [5.74, 6) is 5.95. The highest BCUT2D eigenvalue weighted by molar-refractivity contribution is 7.22. The quantitative estimate of drug-likeness (QED) is 0.265. The third-order valence-corrected chi connectivity index (χ3v) is 6.64. The zero-order chi connectivity index (χ0) is 24.0. The van der Waals surface area contributed by atoms with E-state index in [-0.39, 0.29) is 12.4 Å². The van der Waals surface area contributed by atoms with Gasteiger partial charge in [0.25, 0.3) is 5.91 Å². The van der Waals surface area contributed by atoms with E-state index in [1.807, 2.05) is 19.1 Å². The summed E-state index contributed by atoms with van der Waals surface area (Å²) in [4.78, 5) is 29.3. The maximum absolute atomic E-state index is 12.9. The number of nitrogens with one attached hydrogen (secondary N) is 2. The first-order chi connectivity index (χ1) is 16.3. The lowest BCUT2D eigenvalue weighted by Gasteiger charge is -2.20. The maximum Gasteiger partial charge on any atom is 0.323 e. The molecule has 5 rings (SSSR count). The van der Waals surface area contributed by atoms with Crippen LogP contribution in [-0.4, -0.2) is 39.2 Å². The molecule has 0 bridgehead atoms. The molecule has 1 saturated heterocycles. The molecule has 2 aromatic carbocycles. The molecule has 1 aliphatic rings. The van der Waals surface area contributed by atoms with E-state index in [0.29, 0.717) is 21.8 Å². The van der Waals surface area contributed by atoms with Crippen LogP contribution in [0.15, 0.2) is 36.5 Å². The Bertz CT molecular complexity index is 1540. The summed E-state index contributed by atoms with van der Waals surface area (Å²) >= 11 is 1.37. The minimum absolute atomic E-state index is 0.0566. The van der Waals surface area contributed by atoms with Crippen LogP contribution in [-0.2, 0) is 17.8 Å². The topological polar surface area (TPSA) is 132 Å². The highest BCUT2D eigenvalue weighted by Crippen LogP contribution is 2.32. The number of nitrogens with zero attached hydrogens (tertiary/aromatic N) is 2. The highest BCUT2D eigenvalue weighted by Gasteiger charge is 2.46. The third kappa shape index (κ3) is 3.56. The van der Waals surface area contributed by atoms with Gasteiger partial charge in [0, 0.05) is 22.5 Å². The Morgan fingerprint density at radius 2 is 2.12 bits per heavy atom. The van der Waals surface area contributed by atoms with E-state index in [1.54, 1.807) is 31.5 Å². The van der Waals surface area contributed by atoms with Gasteiger partial charge in [-0.25, -0.2) is 9.78 Å². The number of aromatic hydroxyl groups is 1. The monoisotopic (exact) mass is 475 g/mol. The van der Waals surface area contributed by atoms with Crippen LogP contribution in [0.2, 0.25) is 0 Å². The number of hydrogen-bond donors (Lipinski definition) is 4. The molecule has 1 aliphatic heterocycles. The largest absolute Gasteiger partial charge is 0.497 e. The molecule has 2 aromatic heterocycles. The molecule has 0 spiro atoms. The van der Waals surface area contributed by atoms with Crippen molar-refractivity contribution in [3.8, 4) is 23.5 Å². The lowest BCUT2D eigenvalue weighted by molar-refractivity contribution is -0.122. The van der Waals surface area contributed by atoms with Crippen molar-refractivity contribution in [3.63, 3.8) is 0 Å². The number of nitrogens with two attached hydrogens (primary N) is 1. The molecule has 4 aromatic rings. The molecule has 9 nitrogen and oxygen atoms in total. The number of urea groups is 1. The van der Waals surface area contributed by atoms with Gasteiger partial charge in [-0.15, -0.1) is 0 Å². The van der Waals surface area contributed by atoms with Crippen molar-refractivity contribution in [1.29, 1.82) is 0 Å². The molecule has 0 unspecified atom stereocenters. The molecule has 1 atom stereocenters. The van der Waals surface area contributed by atoms with Crippen molar-refractivity contribution >= 4 is 49.4 Å². The number of thiazole rings is 1. The standard InChI is InChI=1S/C24H21N5O4S/c1-3-14-8-13(9-18-19(14)26-22(25)34-18)6-7-24(21(31)27-23(32)28-24)12-29-11-15-4-5-16(33-2)10-17(15)20(29)30/h4-5,8-11,30H,3,12H2,1-2H3,(H2,25,26)(H2,27,28,31,32)/t24-/m1/s1. The van der Waals surface area contributed by atoms with Gasteiger partial charge >= 0.3 is 6.03 Å². The lowest BCUT2D eigenvalue weighted by atomic mass is 9.99. The molecule has 1 fully saturated rings. The number of benzene rings is 2. The number of nitrogen functional groups attached to an aromatic ring is 1. The number of carbonyl (C=O) groups is 2. The van der Waals surface area contributed by atoms with Crippen LogP contribution < -0.4 is 21.1 Å². The number of ether oxygens (including phenoxy) is 1. The zero-order valence-corrected chi connectivity index (χ0v) is 19.2. The molecule has 10 heteroatoms. The first kappa shape index (κ1) is 21.6. The minimum atomic E-state index is -1.57. The number of fused-ring (bicyclic) bond motifs is 2. The van der Waals surface area contributed by atoms with E-state index in [4.69, 9.17) is 10.5 Å². The van der Waals surface area contributed by atoms with Gasteiger partial charge in [-0.05, 0) is 42.3 Å². The molecular formula is C24H21N5O4S. The normalized spacial score (nSPS) is 17.5. The van der Waals surface area contributed by atoms with E-state index in [0.717, 1.165) is 27.6 Å². The Morgan fingerprint density at radius 3 is 2.82 bits per heavy atom. The summed E-state index contributed by atoms with van der Waals surface area (Å²) in [6.07, 6.45) is 2.44. The minimum Gasteiger partial charge on any atom is -0.497 e. The average molecular weight is 476 g/mol. The number of imide groups is 1. The van der Waals surface area contributed by atoms with Gasteiger partial charge in [0.2, 0.25) is 5.54 Å². The molecule has 34 heavy (non-hydrogen) atoms. The lowest BCUT2D eigenvalue weighted by Crippen LogP contribution is -2.49. The molecule has 3 heterocycles. The number of aryl methyl sites for hydroxylation is 1. The van der Waals surface area contributed by atoms with E-state index < -0.39 is 17.5 Å². The smallest absolute Gasteiger partial charge is 0.323 e. The summed E-state index contributed by atoms with van der Waals surface area (Å²) in [5.41, 5.74) is 6.82. The van der Waals surface area contributed by atoms with Gasteiger partial charge < -0.3 is 25.5 Å². The first-order valence-electron chi connectivity index (χ1n) is 10.5. The molecule has 0 saturated carbocycles. The van der Waals surface area contributed by atoms with Crippen molar-refractivity contribution in [1.82, 2.24) is 20.2 Å². The SMILES string of the molecule is CCc1cc(C#C[C@]2(Cn3cc4ccc(OC)cc4c3O)NC(=O)NC2=O)cc2sc(N)nc12. The van der Waals surface area contributed by atoms with E-state index >= 15 is 0 Å². The fourth-order valence-corrected chi connectivity index (χ4v) is 4.92. The van der Waals surface area contributed by atoms with Crippen molar-refractivity contribution in [2.45, 2.75) is 25.4 Å². The predicted octanol–water partition coefficient (Wildman–Crippen LogP) is 2.74. The number of methoxy groups -OCH3 is 1. The summed E-state index contributed by atoms with van der Waals surface area (Å²) in [6, 6.07) is 8.42. The summed E-state index contributed by atoms with van der Waals surface area (Å²) in [6.45, 7) is 1.93. The van der Waals surface area contributed by atoms with Crippen LogP contribution in [0.3, 0.4) is 0 Å². The number of carbonyl (C=O) groups excluding carboxylic acids is 2. The van der Waals surface area contributed by atoms with Crippen molar-refractivity contribution in [3.05, 3.63) is 47.7 Å².